The Balaban J connectivity index is 2.05. The van der Waals surface area contributed by atoms with Crippen LogP contribution in [0.3, 0.4) is 0 Å². The van der Waals surface area contributed by atoms with Gasteiger partial charge in [0.15, 0.2) is 6.10 Å². The maximum absolute atomic E-state index is 11.5. The van der Waals surface area contributed by atoms with Crippen LogP contribution in [0, 0.1) is 12.8 Å². The summed E-state index contributed by atoms with van der Waals surface area (Å²) in [4.78, 5) is 11.5. The average molecular weight is 220 g/mol. The highest BCUT2D eigenvalue weighted by molar-refractivity contribution is 5.75. The fraction of sp³-hybridized carbons (Fsp3) is 0.462. The standard InChI is InChI=1S/C13H16O3/c1-9-3-7-11(8-4-9)16-12(10-5-6-10)13(14)15-2/h3-4,7-8,10,12H,5-6H2,1-2H3. The number of rotatable bonds is 4. The van der Waals surface area contributed by atoms with Crippen molar-refractivity contribution in [2.24, 2.45) is 5.92 Å². The van der Waals surface area contributed by atoms with Gasteiger partial charge in [-0.1, -0.05) is 17.7 Å². The summed E-state index contributed by atoms with van der Waals surface area (Å²) in [5.41, 5.74) is 1.17. The Hall–Kier alpha value is -1.51. The zero-order valence-electron chi connectivity index (χ0n) is 9.60. The summed E-state index contributed by atoms with van der Waals surface area (Å²) in [6.45, 7) is 2.02. The Kier molecular flexibility index (Phi) is 3.13. The number of aryl methyl sites for hydroxylation is 1. The number of hydrogen-bond acceptors (Lipinski definition) is 3. The first kappa shape index (κ1) is 11.0. The van der Waals surface area contributed by atoms with Gasteiger partial charge in [-0.3, -0.25) is 0 Å². The highest BCUT2D eigenvalue weighted by atomic mass is 16.6. The lowest BCUT2D eigenvalue weighted by molar-refractivity contribution is -0.149. The molecule has 1 atom stereocenters. The number of carbonyl (C=O) groups excluding carboxylic acids is 1. The molecule has 1 aromatic carbocycles. The first-order valence-corrected chi connectivity index (χ1v) is 5.52. The predicted molar refractivity (Wildman–Crippen MR) is 60.3 cm³/mol. The molecule has 0 aromatic heterocycles. The second-order valence-electron chi connectivity index (χ2n) is 4.21. The molecular weight excluding hydrogens is 204 g/mol. The fourth-order valence-electron chi connectivity index (χ4n) is 1.62. The largest absolute Gasteiger partial charge is 0.478 e. The van der Waals surface area contributed by atoms with Crippen LogP contribution in [0.5, 0.6) is 5.75 Å². The van der Waals surface area contributed by atoms with Crippen LogP contribution in [-0.4, -0.2) is 19.2 Å². The summed E-state index contributed by atoms with van der Waals surface area (Å²) in [5, 5.41) is 0. The van der Waals surface area contributed by atoms with Crippen molar-refractivity contribution < 1.29 is 14.3 Å². The van der Waals surface area contributed by atoms with Gasteiger partial charge in [0.25, 0.3) is 0 Å². The minimum absolute atomic E-state index is 0.275. The Bertz CT molecular complexity index is 365. The highest BCUT2D eigenvalue weighted by Crippen LogP contribution is 2.35. The van der Waals surface area contributed by atoms with Gasteiger partial charge in [-0.25, -0.2) is 4.79 Å². The third-order valence-electron chi connectivity index (χ3n) is 2.77. The van der Waals surface area contributed by atoms with E-state index in [1.807, 2.05) is 31.2 Å². The molecule has 0 spiro atoms. The maximum atomic E-state index is 11.5. The van der Waals surface area contributed by atoms with Crippen molar-refractivity contribution >= 4 is 5.97 Å². The molecule has 0 N–H and O–H groups in total. The van der Waals surface area contributed by atoms with Crippen LogP contribution < -0.4 is 4.74 Å². The van der Waals surface area contributed by atoms with Gasteiger partial charge in [-0.05, 0) is 31.9 Å². The maximum Gasteiger partial charge on any atom is 0.347 e. The Labute approximate surface area is 95.4 Å². The molecule has 1 unspecified atom stereocenters. The Morgan fingerprint density at radius 1 is 1.31 bits per heavy atom. The van der Waals surface area contributed by atoms with Crippen molar-refractivity contribution in [3.8, 4) is 5.75 Å². The lowest BCUT2D eigenvalue weighted by atomic mass is 10.2. The second-order valence-corrected chi connectivity index (χ2v) is 4.21. The van der Waals surface area contributed by atoms with E-state index in [2.05, 4.69) is 0 Å². The molecule has 1 aromatic rings. The minimum atomic E-state index is -0.437. The molecule has 1 aliphatic carbocycles. The summed E-state index contributed by atoms with van der Waals surface area (Å²) in [7, 11) is 1.40. The topological polar surface area (TPSA) is 35.5 Å². The third-order valence-corrected chi connectivity index (χ3v) is 2.77. The van der Waals surface area contributed by atoms with Crippen LogP contribution in [0.25, 0.3) is 0 Å². The van der Waals surface area contributed by atoms with Gasteiger partial charge in [-0.15, -0.1) is 0 Å². The Morgan fingerprint density at radius 2 is 1.94 bits per heavy atom. The number of carbonyl (C=O) groups is 1. The van der Waals surface area contributed by atoms with E-state index in [9.17, 15) is 4.79 Å². The lowest BCUT2D eigenvalue weighted by Gasteiger charge is -2.16. The van der Waals surface area contributed by atoms with Gasteiger partial charge in [-0.2, -0.15) is 0 Å². The number of esters is 1. The monoisotopic (exact) mass is 220 g/mol. The van der Waals surface area contributed by atoms with Crippen molar-refractivity contribution in [2.45, 2.75) is 25.9 Å². The van der Waals surface area contributed by atoms with Crippen LogP contribution in [-0.2, 0) is 9.53 Å². The van der Waals surface area contributed by atoms with E-state index in [0.717, 1.165) is 18.6 Å². The fourth-order valence-corrected chi connectivity index (χ4v) is 1.62. The van der Waals surface area contributed by atoms with E-state index < -0.39 is 6.10 Å². The molecular formula is C13H16O3. The molecule has 0 saturated heterocycles. The second kappa shape index (κ2) is 4.56. The van der Waals surface area contributed by atoms with E-state index >= 15 is 0 Å². The molecule has 86 valence electrons. The summed E-state index contributed by atoms with van der Waals surface area (Å²) in [6.07, 6.45) is 1.66. The number of benzene rings is 1. The van der Waals surface area contributed by atoms with E-state index in [0.29, 0.717) is 5.92 Å². The van der Waals surface area contributed by atoms with Gasteiger partial charge in [0.2, 0.25) is 0 Å². The van der Waals surface area contributed by atoms with Crippen LogP contribution in [0.2, 0.25) is 0 Å². The molecule has 1 aliphatic rings. The minimum Gasteiger partial charge on any atom is -0.478 e. The molecule has 0 heterocycles. The van der Waals surface area contributed by atoms with Gasteiger partial charge >= 0.3 is 5.97 Å². The number of methoxy groups -OCH3 is 1. The highest BCUT2D eigenvalue weighted by Gasteiger charge is 2.38. The van der Waals surface area contributed by atoms with Crippen LogP contribution in [0.15, 0.2) is 24.3 Å². The molecule has 0 bridgehead atoms. The molecule has 0 amide bonds. The molecule has 3 nitrogen and oxygen atoms in total. The summed E-state index contributed by atoms with van der Waals surface area (Å²) >= 11 is 0. The summed E-state index contributed by atoms with van der Waals surface area (Å²) in [6, 6.07) is 7.70. The van der Waals surface area contributed by atoms with E-state index in [4.69, 9.17) is 9.47 Å². The summed E-state index contributed by atoms with van der Waals surface area (Å²) in [5.74, 6) is 0.782. The quantitative estimate of drug-likeness (QED) is 0.730. The van der Waals surface area contributed by atoms with Crippen LogP contribution in [0.4, 0.5) is 0 Å². The van der Waals surface area contributed by atoms with Crippen LogP contribution >= 0.6 is 0 Å². The SMILES string of the molecule is COC(=O)C(Oc1ccc(C)cc1)C1CC1. The number of ether oxygens (including phenoxy) is 2. The molecule has 3 heteroatoms. The normalized spacial score (nSPS) is 16.6. The molecule has 1 fully saturated rings. The van der Waals surface area contributed by atoms with Crippen molar-refractivity contribution in [2.75, 3.05) is 7.11 Å². The molecule has 2 rings (SSSR count). The third kappa shape index (κ3) is 2.54. The Morgan fingerprint density at radius 3 is 2.44 bits per heavy atom. The molecule has 0 aliphatic heterocycles. The van der Waals surface area contributed by atoms with Crippen molar-refractivity contribution in [3.05, 3.63) is 29.8 Å². The number of hydrogen-bond donors (Lipinski definition) is 0. The summed E-state index contributed by atoms with van der Waals surface area (Å²) < 4.78 is 10.4. The average Bonchev–Trinajstić information content (AvgIpc) is 3.11. The van der Waals surface area contributed by atoms with Crippen molar-refractivity contribution in [1.82, 2.24) is 0 Å². The first-order chi connectivity index (χ1) is 7.70. The van der Waals surface area contributed by atoms with Gasteiger partial charge in [0.05, 0.1) is 7.11 Å². The van der Waals surface area contributed by atoms with E-state index in [1.165, 1.54) is 12.7 Å². The van der Waals surface area contributed by atoms with Crippen molar-refractivity contribution in [3.63, 3.8) is 0 Å². The van der Waals surface area contributed by atoms with Crippen LogP contribution in [0.1, 0.15) is 18.4 Å². The van der Waals surface area contributed by atoms with E-state index in [1.54, 1.807) is 0 Å². The first-order valence-electron chi connectivity index (χ1n) is 5.52. The van der Waals surface area contributed by atoms with Gasteiger partial charge in [0.1, 0.15) is 5.75 Å². The van der Waals surface area contributed by atoms with Crippen molar-refractivity contribution in [1.29, 1.82) is 0 Å². The smallest absolute Gasteiger partial charge is 0.347 e. The molecule has 0 radical (unpaired) electrons. The molecule has 1 saturated carbocycles. The zero-order valence-corrected chi connectivity index (χ0v) is 9.60. The lowest BCUT2D eigenvalue weighted by Crippen LogP contribution is -2.30. The predicted octanol–water partition coefficient (Wildman–Crippen LogP) is 2.33. The van der Waals surface area contributed by atoms with Gasteiger partial charge < -0.3 is 9.47 Å². The molecule has 16 heavy (non-hydrogen) atoms. The zero-order chi connectivity index (χ0) is 11.5. The van der Waals surface area contributed by atoms with E-state index in [-0.39, 0.29) is 5.97 Å². The van der Waals surface area contributed by atoms with Gasteiger partial charge in [0, 0.05) is 5.92 Å².